The van der Waals surface area contributed by atoms with Gasteiger partial charge in [-0.3, -0.25) is 4.79 Å². The number of hydrogen-bond donors (Lipinski definition) is 0. The number of thiazole rings is 1. The predicted octanol–water partition coefficient (Wildman–Crippen LogP) is 3.67. The van der Waals surface area contributed by atoms with Gasteiger partial charge in [0.05, 0.1) is 11.4 Å². The van der Waals surface area contributed by atoms with Gasteiger partial charge in [-0.2, -0.15) is 4.68 Å². The molecule has 2 heterocycles. The van der Waals surface area contributed by atoms with Crippen molar-refractivity contribution in [1.29, 1.82) is 0 Å². The van der Waals surface area contributed by atoms with Crippen LogP contribution in [0.1, 0.15) is 65.3 Å². The number of aromatic nitrogens is 4. The maximum absolute atomic E-state index is 11.3. The fraction of sp³-hybridized carbons (Fsp3) is 0.625. The first-order valence-electron chi connectivity index (χ1n) is 8.03. The molecule has 22 heavy (non-hydrogen) atoms. The van der Waals surface area contributed by atoms with Crippen molar-refractivity contribution in [2.75, 3.05) is 0 Å². The number of rotatable bonds is 5. The van der Waals surface area contributed by atoms with Crippen LogP contribution in [0.3, 0.4) is 0 Å². The van der Waals surface area contributed by atoms with Gasteiger partial charge >= 0.3 is 0 Å². The van der Waals surface area contributed by atoms with E-state index in [2.05, 4.69) is 22.2 Å². The van der Waals surface area contributed by atoms with Gasteiger partial charge in [0.25, 0.3) is 0 Å². The van der Waals surface area contributed by atoms with Crippen LogP contribution in [-0.4, -0.2) is 26.3 Å². The summed E-state index contributed by atoms with van der Waals surface area (Å²) in [4.78, 5) is 17.0. The lowest BCUT2D eigenvalue weighted by Crippen LogP contribution is -2.10. The molecule has 118 valence electrons. The van der Waals surface area contributed by atoms with Gasteiger partial charge in [-0.1, -0.05) is 48.7 Å². The summed E-state index contributed by atoms with van der Waals surface area (Å²) in [6.45, 7) is 4.05. The SMILES string of the molecule is Cc1nc(-n2nnc(C=O)c2CCC2CCCCC2)sc1C. The fourth-order valence-electron chi connectivity index (χ4n) is 3.16. The van der Waals surface area contributed by atoms with Crippen LogP contribution < -0.4 is 0 Å². The first-order valence-corrected chi connectivity index (χ1v) is 8.85. The maximum Gasteiger partial charge on any atom is 0.212 e. The summed E-state index contributed by atoms with van der Waals surface area (Å²) in [7, 11) is 0. The zero-order valence-electron chi connectivity index (χ0n) is 13.2. The lowest BCUT2D eigenvalue weighted by atomic mass is 9.85. The van der Waals surface area contributed by atoms with E-state index < -0.39 is 0 Å². The van der Waals surface area contributed by atoms with Crippen LogP contribution in [0.25, 0.3) is 5.13 Å². The van der Waals surface area contributed by atoms with E-state index in [-0.39, 0.29) is 0 Å². The van der Waals surface area contributed by atoms with Crippen LogP contribution in [0, 0.1) is 19.8 Å². The molecule has 0 saturated heterocycles. The number of hydrogen-bond acceptors (Lipinski definition) is 5. The second-order valence-electron chi connectivity index (χ2n) is 6.13. The molecule has 0 spiro atoms. The van der Waals surface area contributed by atoms with E-state index in [1.54, 1.807) is 16.0 Å². The Morgan fingerprint density at radius 1 is 1.27 bits per heavy atom. The topological polar surface area (TPSA) is 60.7 Å². The molecule has 0 N–H and O–H groups in total. The molecule has 1 aliphatic carbocycles. The van der Waals surface area contributed by atoms with Crippen molar-refractivity contribution in [3.8, 4) is 5.13 Å². The Labute approximate surface area is 134 Å². The zero-order valence-corrected chi connectivity index (χ0v) is 14.0. The Bertz CT molecular complexity index is 636. The highest BCUT2D eigenvalue weighted by Crippen LogP contribution is 2.28. The third-order valence-corrected chi connectivity index (χ3v) is 5.67. The van der Waals surface area contributed by atoms with Gasteiger partial charge in [-0.15, -0.1) is 5.10 Å². The Hall–Kier alpha value is -1.56. The summed E-state index contributed by atoms with van der Waals surface area (Å²) in [6.07, 6.45) is 9.45. The van der Waals surface area contributed by atoms with Crippen molar-refractivity contribution >= 4 is 17.6 Å². The molecular weight excluding hydrogens is 296 g/mol. The maximum atomic E-state index is 11.3. The molecule has 0 unspecified atom stereocenters. The lowest BCUT2D eigenvalue weighted by Gasteiger charge is -2.21. The monoisotopic (exact) mass is 318 g/mol. The highest BCUT2D eigenvalue weighted by atomic mass is 32.1. The van der Waals surface area contributed by atoms with Crippen LogP contribution in [0.4, 0.5) is 0 Å². The van der Waals surface area contributed by atoms with Crippen LogP contribution in [0.15, 0.2) is 0 Å². The first kappa shape index (κ1) is 15.3. The van der Waals surface area contributed by atoms with Gasteiger partial charge in [0, 0.05) is 4.88 Å². The van der Waals surface area contributed by atoms with Crippen molar-refractivity contribution in [3.63, 3.8) is 0 Å². The second-order valence-corrected chi connectivity index (χ2v) is 7.31. The summed E-state index contributed by atoms with van der Waals surface area (Å²) in [5.74, 6) is 0.774. The summed E-state index contributed by atoms with van der Waals surface area (Å²) in [5.41, 5.74) is 2.39. The molecule has 5 nitrogen and oxygen atoms in total. The number of carbonyl (C=O) groups excluding carboxylic acids is 1. The van der Waals surface area contributed by atoms with E-state index in [4.69, 9.17) is 0 Å². The summed E-state index contributed by atoms with van der Waals surface area (Å²) in [5, 5.41) is 9.00. The van der Waals surface area contributed by atoms with Crippen molar-refractivity contribution in [1.82, 2.24) is 20.0 Å². The van der Waals surface area contributed by atoms with Crippen LogP contribution in [0.5, 0.6) is 0 Å². The fourth-order valence-corrected chi connectivity index (χ4v) is 4.04. The van der Waals surface area contributed by atoms with Gasteiger partial charge in [-0.05, 0) is 32.6 Å². The first-order chi connectivity index (χ1) is 10.7. The number of carbonyl (C=O) groups is 1. The van der Waals surface area contributed by atoms with Crippen molar-refractivity contribution in [2.45, 2.75) is 58.8 Å². The lowest BCUT2D eigenvalue weighted by molar-refractivity contribution is 0.111. The quantitative estimate of drug-likeness (QED) is 0.789. The Kier molecular flexibility index (Phi) is 4.66. The van der Waals surface area contributed by atoms with E-state index in [1.165, 1.54) is 37.0 Å². The molecule has 6 heteroatoms. The molecule has 1 fully saturated rings. The molecule has 0 bridgehead atoms. The van der Waals surface area contributed by atoms with Gasteiger partial charge in [0.2, 0.25) is 5.13 Å². The van der Waals surface area contributed by atoms with E-state index in [9.17, 15) is 4.79 Å². The smallest absolute Gasteiger partial charge is 0.212 e. The highest BCUT2D eigenvalue weighted by Gasteiger charge is 2.19. The second kappa shape index (κ2) is 6.69. The average molecular weight is 318 g/mol. The Morgan fingerprint density at radius 3 is 2.68 bits per heavy atom. The summed E-state index contributed by atoms with van der Waals surface area (Å²) in [6, 6.07) is 0. The van der Waals surface area contributed by atoms with Crippen LogP contribution in [-0.2, 0) is 6.42 Å². The molecule has 0 atom stereocenters. The molecule has 2 aromatic rings. The van der Waals surface area contributed by atoms with E-state index in [0.29, 0.717) is 5.69 Å². The van der Waals surface area contributed by atoms with Crippen LogP contribution in [0.2, 0.25) is 0 Å². The van der Waals surface area contributed by atoms with Gasteiger partial charge in [-0.25, -0.2) is 4.98 Å². The normalized spacial score (nSPS) is 16.1. The minimum atomic E-state index is 0.460. The number of aldehydes is 1. The molecular formula is C16H22N4OS. The third kappa shape index (κ3) is 3.11. The molecule has 2 aromatic heterocycles. The number of nitrogens with zero attached hydrogens (tertiary/aromatic N) is 4. The van der Waals surface area contributed by atoms with Crippen molar-refractivity contribution in [2.24, 2.45) is 5.92 Å². The van der Waals surface area contributed by atoms with Crippen molar-refractivity contribution < 1.29 is 4.79 Å². The van der Waals surface area contributed by atoms with Gasteiger partial charge < -0.3 is 0 Å². The predicted molar refractivity (Wildman–Crippen MR) is 86.8 cm³/mol. The van der Waals surface area contributed by atoms with Crippen LogP contribution >= 0.6 is 11.3 Å². The Balaban J connectivity index is 1.82. The molecule has 0 amide bonds. The highest BCUT2D eigenvalue weighted by molar-refractivity contribution is 7.14. The molecule has 0 aromatic carbocycles. The minimum Gasteiger partial charge on any atom is -0.296 e. The molecule has 1 saturated carbocycles. The molecule has 3 rings (SSSR count). The van der Waals surface area contributed by atoms with E-state index in [0.717, 1.165) is 41.6 Å². The van der Waals surface area contributed by atoms with E-state index >= 15 is 0 Å². The summed E-state index contributed by atoms with van der Waals surface area (Å²) < 4.78 is 1.76. The average Bonchev–Trinajstić information content (AvgIpc) is 3.09. The van der Waals surface area contributed by atoms with Gasteiger partial charge in [0.15, 0.2) is 6.29 Å². The largest absolute Gasteiger partial charge is 0.296 e. The van der Waals surface area contributed by atoms with Gasteiger partial charge in [0.1, 0.15) is 5.69 Å². The zero-order chi connectivity index (χ0) is 15.5. The number of aryl methyl sites for hydroxylation is 2. The van der Waals surface area contributed by atoms with Crippen molar-refractivity contribution in [3.05, 3.63) is 22.0 Å². The van der Waals surface area contributed by atoms with E-state index in [1.807, 2.05) is 6.92 Å². The third-order valence-electron chi connectivity index (χ3n) is 4.62. The molecule has 0 radical (unpaired) electrons. The molecule has 1 aliphatic rings. The standard InChI is InChI=1S/C16H22N4OS/c1-11-12(2)22-16(17-11)20-15(14(10-21)18-19-20)9-8-13-6-4-3-5-7-13/h10,13H,3-9H2,1-2H3. The minimum absolute atomic E-state index is 0.460. The Morgan fingerprint density at radius 2 is 2.05 bits per heavy atom. The molecule has 0 aliphatic heterocycles. The summed E-state index contributed by atoms with van der Waals surface area (Å²) >= 11 is 1.60.